The van der Waals surface area contributed by atoms with E-state index >= 15 is 0 Å². The first kappa shape index (κ1) is 23.4. The maximum absolute atomic E-state index is 12.3. The third-order valence-corrected chi connectivity index (χ3v) is 5.95. The SMILES string of the molecule is CC1CCC(C(C)C)C(OC(=O)CC(N)CCCCCCCCCN)C1. The largest absolute Gasteiger partial charge is 0.462 e. The van der Waals surface area contributed by atoms with Crippen LogP contribution in [-0.4, -0.2) is 24.7 Å². The van der Waals surface area contributed by atoms with Gasteiger partial charge in [0.1, 0.15) is 6.10 Å². The Hall–Kier alpha value is -0.610. The molecule has 4 N–H and O–H groups in total. The minimum atomic E-state index is -0.0935. The summed E-state index contributed by atoms with van der Waals surface area (Å²) in [6.45, 7) is 7.55. The van der Waals surface area contributed by atoms with E-state index in [1.807, 2.05) is 0 Å². The predicted octanol–water partition coefficient (Wildman–Crippen LogP) is 4.79. The average Bonchev–Trinajstić information content (AvgIpc) is 2.56. The Bertz CT molecular complexity index is 373. The third-order valence-electron chi connectivity index (χ3n) is 5.95. The van der Waals surface area contributed by atoms with Gasteiger partial charge in [0.25, 0.3) is 0 Å². The Morgan fingerprint density at radius 1 is 1.04 bits per heavy atom. The quantitative estimate of drug-likeness (QED) is 0.362. The van der Waals surface area contributed by atoms with Crippen molar-refractivity contribution in [3.05, 3.63) is 0 Å². The van der Waals surface area contributed by atoms with Gasteiger partial charge in [-0.1, -0.05) is 65.7 Å². The molecule has 0 aromatic rings. The van der Waals surface area contributed by atoms with Crippen LogP contribution >= 0.6 is 0 Å². The lowest BCUT2D eigenvalue weighted by molar-refractivity contribution is -0.156. The number of unbranched alkanes of at least 4 members (excludes halogenated alkanes) is 6. The van der Waals surface area contributed by atoms with E-state index in [2.05, 4.69) is 20.8 Å². The van der Waals surface area contributed by atoms with Crippen molar-refractivity contribution in [2.24, 2.45) is 29.2 Å². The first-order valence-corrected chi connectivity index (χ1v) is 11.1. The number of carbonyl (C=O) groups is 1. The van der Waals surface area contributed by atoms with Gasteiger partial charge in [0.05, 0.1) is 6.42 Å². The van der Waals surface area contributed by atoms with Gasteiger partial charge in [-0.3, -0.25) is 4.79 Å². The minimum Gasteiger partial charge on any atom is -0.462 e. The second-order valence-electron chi connectivity index (χ2n) is 8.87. The molecule has 1 rings (SSSR count). The van der Waals surface area contributed by atoms with Gasteiger partial charge >= 0.3 is 5.97 Å². The van der Waals surface area contributed by atoms with E-state index in [0.29, 0.717) is 24.2 Å². The number of hydrogen-bond donors (Lipinski definition) is 2. The van der Waals surface area contributed by atoms with Crippen LogP contribution in [0.2, 0.25) is 0 Å². The molecule has 0 saturated heterocycles. The maximum Gasteiger partial charge on any atom is 0.307 e. The molecule has 1 aliphatic rings. The van der Waals surface area contributed by atoms with Gasteiger partial charge < -0.3 is 16.2 Å². The van der Waals surface area contributed by atoms with Crippen molar-refractivity contribution in [2.75, 3.05) is 6.54 Å². The van der Waals surface area contributed by atoms with Crippen LogP contribution in [-0.2, 0) is 9.53 Å². The second kappa shape index (κ2) is 13.5. The summed E-state index contributed by atoms with van der Waals surface area (Å²) >= 11 is 0. The molecule has 1 saturated carbocycles. The first-order valence-electron chi connectivity index (χ1n) is 11.1. The molecule has 154 valence electrons. The van der Waals surface area contributed by atoms with Gasteiger partial charge in [-0.25, -0.2) is 0 Å². The molecule has 1 aliphatic carbocycles. The molecule has 4 atom stereocenters. The molecule has 26 heavy (non-hydrogen) atoms. The van der Waals surface area contributed by atoms with Crippen LogP contribution in [0.25, 0.3) is 0 Å². The van der Waals surface area contributed by atoms with E-state index in [0.717, 1.165) is 32.2 Å². The van der Waals surface area contributed by atoms with E-state index in [4.69, 9.17) is 16.2 Å². The number of rotatable bonds is 13. The van der Waals surface area contributed by atoms with Crippen LogP contribution in [0.1, 0.15) is 97.8 Å². The summed E-state index contributed by atoms with van der Waals surface area (Å²) in [5.41, 5.74) is 11.7. The van der Waals surface area contributed by atoms with Gasteiger partial charge in [-0.2, -0.15) is 0 Å². The summed E-state index contributed by atoms with van der Waals surface area (Å²) in [7, 11) is 0. The highest BCUT2D eigenvalue weighted by Crippen LogP contribution is 2.35. The predicted molar refractivity (Wildman–Crippen MR) is 110 cm³/mol. The summed E-state index contributed by atoms with van der Waals surface area (Å²) < 4.78 is 5.86. The number of esters is 1. The van der Waals surface area contributed by atoms with Crippen molar-refractivity contribution in [3.63, 3.8) is 0 Å². The van der Waals surface area contributed by atoms with Crippen LogP contribution in [0.15, 0.2) is 0 Å². The molecule has 0 aliphatic heterocycles. The Kier molecular flexibility index (Phi) is 12.2. The maximum atomic E-state index is 12.3. The van der Waals surface area contributed by atoms with Crippen molar-refractivity contribution < 1.29 is 9.53 Å². The van der Waals surface area contributed by atoms with Gasteiger partial charge in [-0.15, -0.1) is 0 Å². The lowest BCUT2D eigenvalue weighted by Crippen LogP contribution is -2.37. The van der Waals surface area contributed by atoms with Crippen LogP contribution in [0.5, 0.6) is 0 Å². The molecular formula is C22H44N2O2. The zero-order valence-electron chi connectivity index (χ0n) is 17.6. The molecule has 0 heterocycles. The zero-order chi connectivity index (χ0) is 19.4. The minimum absolute atomic E-state index is 0.0572. The van der Waals surface area contributed by atoms with Crippen LogP contribution in [0.3, 0.4) is 0 Å². The number of nitrogens with two attached hydrogens (primary N) is 2. The molecule has 0 amide bonds. The highest BCUT2D eigenvalue weighted by molar-refractivity contribution is 5.70. The number of hydrogen-bond acceptors (Lipinski definition) is 4. The molecule has 0 spiro atoms. The Labute approximate surface area is 161 Å². The van der Waals surface area contributed by atoms with E-state index < -0.39 is 0 Å². The molecule has 4 heteroatoms. The topological polar surface area (TPSA) is 78.3 Å². The second-order valence-corrected chi connectivity index (χ2v) is 8.87. The van der Waals surface area contributed by atoms with E-state index in [9.17, 15) is 4.79 Å². The lowest BCUT2D eigenvalue weighted by atomic mass is 9.75. The fourth-order valence-corrected chi connectivity index (χ4v) is 4.22. The molecule has 0 aromatic heterocycles. The standard InChI is InChI=1S/C22H44N2O2/c1-17(2)20-13-12-18(3)15-21(20)26-22(25)16-19(24)11-9-7-5-4-6-8-10-14-23/h17-21H,4-16,23-24H2,1-3H3. The normalized spacial score (nSPS) is 24.6. The van der Waals surface area contributed by atoms with Crippen LogP contribution in [0.4, 0.5) is 0 Å². The van der Waals surface area contributed by atoms with Gasteiger partial charge in [-0.05, 0) is 50.0 Å². The Morgan fingerprint density at radius 3 is 2.27 bits per heavy atom. The fourth-order valence-electron chi connectivity index (χ4n) is 4.22. The van der Waals surface area contributed by atoms with E-state index in [-0.39, 0.29) is 18.1 Å². The highest BCUT2D eigenvalue weighted by atomic mass is 16.5. The monoisotopic (exact) mass is 368 g/mol. The summed E-state index contributed by atoms with van der Waals surface area (Å²) in [4.78, 5) is 12.3. The van der Waals surface area contributed by atoms with Crippen LogP contribution in [0, 0.1) is 17.8 Å². The number of carbonyl (C=O) groups excluding carboxylic acids is 1. The third kappa shape index (κ3) is 9.91. The lowest BCUT2D eigenvalue weighted by Gasteiger charge is -2.36. The van der Waals surface area contributed by atoms with E-state index in [1.54, 1.807) is 0 Å². The molecule has 0 bridgehead atoms. The van der Waals surface area contributed by atoms with Crippen molar-refractivity contribution in [1.82, 2.24) is 0 Å². The summed E-state index contributed by atoms with van der Waals surface area (Å²) in [5, 5.41) is 0. The summed E-state index contributed by atoms with van der Waals surface area (Å²) in [6, 6.07) is -0.0572. The van der Waals surface area contributed by atoms with Crippen molar-refractivity contribution in [3.8, 4) is 0 Å². The Balaban J connectivity index is 2.17. The van der Waals surface area contributed by atoms with Crippen LogP contribution < -0.4 is 11.5 Å². The molecule has 4 unspecified atom stereocenters. The summed E-state index contributed by atoms with van der Waals surface area (Å²) in [5.74, 6) is 1.63. The Morgan fingerprint density at radius 2 is 1.65 bits per heavy atom. The molecule has 1 fully saturated rings. The van der Waals surface area contributed by atoms with Gasteiger partial charge in [0.15, 0.2) is 0 Å². The van der Waals surface area contributed by atoms with Gasteiger partial charge in [0, 0.05) is 6.04 Å². The van der Waals surface area contributed by atoms with E-state index in [1.165, 1.54) is 44.9 Å². The molecule has 0 aromatic carbocycles. The van der Waals surface area contributed by atoms with Gasteiger partial charge in [0.2, 0.25) is 0 Å². The molecule has 0 radical (unpaired) electrons. The highest BCUT2D eigenvalue weighted by Gasteiger charge is 2.33. The molecular weight excluding hydrogens is 324 g/mol. The first-order chi connectivity index (χ1) is 12.4. The summed E-state index contributed by atoms with van der Waals surface area (Å²) in [6.07, 6.45) is 13.4. The molecule has 4 nitrogen and oxygen atoms in total. The zero-order valence-corrected chi connectivity index (χ0v) is 17.6. The van der Waals surface area contributed by atoms with Crippen molar-refractivity contribution in [2.45, 2.75) is 110 Å². The average molecular weight is 369 g/mol. The van der Waals surface area contributed by atoms with Crippen molar-refractivity contribution >= 4 is 5.97 Å². The fraction of sp³-hybridized carbons (Fsp3) is 0.955. The van der Waals surface area contributed by atoms with Crippen molar-refractivity contribution in [1.29, 1.82) is 0 Å². The number of ether oxygens (including phenoxy) is 1. The smallest absolute Gasteiger partial charge is 0.307 e.